The van der Waals surface area contributed by atoms with Crippen LogP contribution in [0.2, 0.25) is 0 Å². The van der Waals surface area contributed by atoms with Gasteiger partial charge in [0.25, 0.3) is 0 Å². The molecule has 0 aromatic heterocycles. The van der Waals surface area contributed by atoms with E-state index in [1.807, 2.05) is 0 Å². The molecule has 0 unspecified atom stereocenters. The molecule has 56 valence electrons. The van der Waals surface area contributed by atoms with E-state index < -0.39 is 16.4 Å². The minimum atomic E-state index is -2.52. The maximum absolute atomic E-state index is 10.0. The van der Waals surface area contributed by atoms with Gasteiger partial charge in [-0.05, 0) is 13.8 Å². The largest absolute Gasteiger partial charge is 0.329 e. The molecule has 0 aliphatic heterocycles. The third-order valence-electron chi connectivity index (χ3n) is 0.904. The van der Waals surface area contributed by atoms with Crippen molar-refractivity contribution in [2.45, 2.75) is 19.4 Å². The molecular formula is C4H12N2O2S. The zero-order valence-electron chi connectivity index (χ0n) is 5.55. The predicted octanol–water partition coefficient (Wildman–Crippen LogP) is -1.16. The lowest BCUT2D eigenvalue weighted by Crippen LogP contribution is -2.44. The molecule has 0 aliphatic rings. The summed E-state index contributed by atoms with van der Waals surface area (Å²) in [6.45, 7) is 3.74. The Bertz CT molecular complexity index is 145. The summed E-state index contributed by atoms with van der Waals surface area (Å²) in [6.07, 6.45) is 0. The molecule has 0 aromatic carbocycles. The lowest BCUT2D eigenvalue weighted by molar-refractivity contribution is 0.471. The second-order valence-electron chi connectivity index (χ2n) is 2.46. The molecule has 0 saturated carbocycles. The molecule has 9 heavy (non-hydrogen) atoms. The maximum Gasteiger partial charge on any atom is 0.201 e. The summed E-state index contributed by atoms with van der Waals surface area (Å²) >= 11 is 0. The summed E-state index contributed by atoms with van der Waals surface area (Å²) in [6, 6.07) is 0. The van der Waals surface area contributed by atoms with Crippen LogP contribution < -0.4 is 10.5 Å². The predicted molar refractivity (Wildman–Crippen MR) is 36.6 cm³/mol. The van der Waals surface area contributed by atoms with Gasteiger partial charge >= 0.3 is 0 Å². The van der Waals surface area contributed by atoms with E-state index in [4.69, 9.17) is 5.73 Å². The van der Waals surface area contributed by atoms with Crippen molar-refractivity contribution in [3.8, 4) is 0 Å². The van der Waals surface area contributed by atoms with Crippen LogP contribution in [0.15, 0.2) is 0 Å². The van der Waals surface area contributed by atoms with Crippen LogP contribution in [0.3, 0.4) is 0 Å². The molecule has 0 amide bonds. The first kappa shape index (κ1) is 8.87. The van der Waals surface area contributed by atoms with Gasteiger partial charge in [0, 0.05) is 12.1 Å². The van der Waals surface area contributed by atoms with Gasteiger partial charge in [-0.2, -0.15) is 0 Å². The summed E-state index contributed by atoms with van der Waals surface area (Å²) in [5.74, 6) is 0. The van der Waals surface area contributed by atoms with Crippen LogP contribution in [0.4, 0.5) is 0 Å². The third-order valence-corrected chi connectivity index (χ3v) is 1.69. The topological polar surface area (TPSA) is 72.2 Å². The van der Waals surface area contributed by atoms with Crippen molar-refractivity contribution in [1.29, 1.82) is 0 Å². The first-order valence-corrected chi connectivity index (χ1v) is 3.78. The average Bonchev–Trinajstić information content (AvgIpc) is 1.63. The molecule has 0 heterocycles. The smallest absolute Gasteiger partial charge is 0.201 e. The minimum absolute atomic E-state index is 0.302. The van der Waals surface area contributed by atoms with E-state index in [-0.39, 0.29) is 0 Å². The fraction of sp³-hybridized carbons (Fsp3) is 1.00. The first-order valence-electron chi connectivity index (χ1n) is 2.60. The van der Waals surface area contributed by atoms with Gasteiger partial charge < -0.3 is 5.73 Å². The fourth-order valence-corrected chi connectivity index (χ4v) is 0.878. The van der Waals surface area contributed by atoms with Crippen molar-refractivity contribution >= 4 is 10.9 Å². The van der Waals surface area contributed by atoms with Crippen LogP contribution in [-0.2, 0) is 10.9 Å². The molecule has 0 saturated heterocycles. The van der Waals surface area contributed by atoms with Gasteiger partial charge in [-0.15, -0.1) is 0 Å². The van der Waals surface area contributed by atoms with E-state index in [9.17, 15) is 8.42 Å². The zero-order valence-corrected chi connectivity index (χ0v) is 6.44. The summed E-state index contributed by atoms with van der Waals surface area (Å²) < 4.78 is 22.4. The summed E-state index contributed by atoms with van der Waals surface area (Å²) in [5, 5.41) is 0. The van der Waals surface area contributed by atoms with Crippen LogP contribution in [0, 0.1) is 0 Å². The normalized spacial score (nSPS) is 12.4. The number of hydrogen-bond donors (Lipinski definition) is 3. The van der Waals surface area contributed by atoms with Gasteiger partial charge in [-0.3, -0.25) is 0 Å². The SMILES string of the molecule is CC(C)(CN)N[SH](=O)=O. The Morgan fingerprint density at radius 2 is 2.00 bits per heavy atom. The molecule has 0 rings (SSSR count). The number of thiol groups is 1. The van der Waals surface area contributed by atoms with E-state index in [1.54, 1.807) is 13.8 Å². The van der Waals surface area contributed by atoms with E-state index in [0.717, 1.165) is 0 Å². The molecule has 4 nitrogen and oxygen atoms in total. The number of nitrogens with two attached hydrogens (primary N) is 1. The van der Waals surface area contributed by atoms with E-state index in [1.165, 1.54) is 0 Å². The highest BCUT2D eigenvalue weighted by Crippen LogP contribution is 1.95. The monoisotopic (exact) mass is 152 g/mol. The van der Waals surface area contributed by atoms with Crippen LogP contribution >= 0.6 is 0 Å². The second-order valence-corrected chi connectivity index (χ2v) is 3.19. The Balaban J connectivity index is 3.86. The van der Waals surface area contributed by atoms with Crippen molar-refractivity contribution in [3.05, 3.63) is 0 Å². The highest BCUT2D eigenvalue weighted by atomic mass is 32.2. The number of nitrogens with one attached hydrogen (secondary N) is 1. The highest BCUT2D eigenvalue weighted by Gasteiger charge is 2.14. The molecule has 0 spiro atoms. The second kappa shape index (κ2) is 3.14. The third kappa shape index (κ3) is 4.38. The van der Waals surface area contributed by atoms with E-state index >= 15 is 0 Å². The molecule has 0 aliphatic carbocycles. The quantitative estimate of drug-likeness (QED) is 0.447. The molecule has 0 aromatic rings. The Hall–Kier alpha value is -0.130. The Morgan fingerprint density at radius 1 is 1.56 bits per heavy atom. The average molecular weight is 152 g/mol. The van der Waals surface area contributed by atoms with Crippen LogP contribution in [0.25, 0.3) is 0 Å². The van der Waals surface area contributed by atoms with Crippen molar-refractivity contribution in [3.63, 3.8) is 0 Å². The van der Waals surface area contributed by atoms with Gasteiger partial charge in [0.05, 0.1) is 0 Å². The first-order chi connectivity index (χ1) is 3.98. The summed E-state index contributed by atoms with van der Waals surface area (Å²) in [7, 11) is -2.52. The lowest BCUT2D eigenvalue weighted by atomic mass is 10.1. The molecule has 0 radical (unpaired) electrons. The maximum atomic E-state index is 10.0. The van der Waals surface area contributed by atoms with Crippen molar-refractivity contribution in [1.82, 2.24) is 4.72 Å². The van der Waals surface area contributed by atoms with Gasteiger partial charge in [0.15, 0.2) is 0 Å². The summed E-state index contributed by atoms with van der Waals surface area (Å²) in [4.78, 5) is 0. The van der Waals surface area contributed by atoms with Crippen molar-refractivity contribution in [2.75, 3.05) is 6.54 Å². The van der Waals surface area contributed by atoms with E-state index in [0.29, 0.717) is 6.54 Å². The van der Waals surface area contributed by atoms with Gasteiger partial charge in [0.1, 0.15) is 0 Å². The van der Waals surface area contributed by atoms with Gasteiger partial charge in [-0.1, -0.05) is 0 Å². The van der Waals surface area contributed by atoms with Gasteiger partial charge in [-0.25, -0.2) is 13.1 Å². The zero-order chi connectivity index (χ0) is 7.49. The molecule has 0 atom stereocenters. The lowest BCUT2D eigenvalue weighted by Gasteiger charge is -2.19. The molecular weight excluding hydrogens is 140 g/mol. The number of rotatable bonds is 3. The fourth-order valence-electron chi connectivity index (χ4n) is 0.293. The van der Waals surface area contributed by atoms with Crippen LogP contribution in [0.1, 0.15) is 13.8 Å². The van der Waals surface area contributed by atoms with Crippen molar-refractivity contribution < 1.29 is 8.42 Å². The summed E-state index contributed by atoms with van der Waals surface area (Å²) in [5.41, 5.74) is 4.72. The minimum Gasteiger partial charge on any atom is -0.329 e. The standard InChI is InChI=1S/C4H12N2O2S/c1-4(2,3-5)6-9(7)8/h9H,3,5H2,1-2H3,(H,6,7,8). The Kier molecular flexibility index (Phi) is 3.10. The highest BCUT2D eigenvalue weighted by molar-refractivity contribution is 7.70. The Morgan fingerprint density at radius 3 is 2.11 bits per heavy atom. The van der Waals surface area contributed by atoms with Crippen LogP contribution in [-0.4, -0.2) is 20.5 Å². The molecule has 5 heteroatoms. The number of hydrogen-bond acceptors (Lipinski definition) is 3. The van der Waals surface area contributed by atoms with Crippen LogP contribution in [0.5, 0.6) is 0 Å². The molecule has 0 bridgehead atoms. The van der Waals surface area contributed by atoms with E-state index in [2.05, 4.69) is 4.72 Å². The Labute approximate surface area is 56.5 Å². The van der Waals surface area contributed by atoms with Crippen molar-refractivity contribution in [2.24, 2.45) is 5.73 Å². The van der Waals surface area contributed by atoms with Gasteiger partial charge in [0.2, 0.25) is 10.9 Å². The molecule has 3 N–H and O–H groups in total. The molecule has 0 fully saturated rings.